The molecule has 0 radical (unpaired) electrons. The summed E-state index contributed by atoms with van der Waals surface area (Å²) in [6.07, 6.45) is 1.52. The zero-order valence-electron chi connectivity index (χ0n) is 12.9. The third-order valence-electron chi connectivity index (χ3n) is 3.19. The van der Waals surface area contributed by atoms with Crippen LogP contribution in [0.3, 0.4) is 0 Å². The molecule has 1 fully saturated rings. The van der Waals surface area contributed by atoms with Gasteiger partial charge in [-0.3, -0.25) is 4.79 Å². The molecule has 128 valence electrons. The minimum atomic E-state index is -0.746. The minimum absolute atomic E-state index is 0.0138. The second-order valence-electron chi connectivity index (χ2n) is 5.07. The van der Waals surface area contributed by atoms with E-state index in [9.17, 15) is 13.6 Å². The topological polar surface area (TPSA) is 63.0 Å². The molecule has 0 atom stereocenters. The van der Waals surface area contributed by atoms with Gasteiger partial charge in [0.05, 0.1) is 12.0 Å². The number of halogens is 2. The van der Waals surface area contributed by atoms with Crippen molar-refractivity contribution in [3.63, 3.8) is 0 Å². The lowest BCUT2D eigenvalue weighted by molar-refractivity contribution is -0.116. The number of benzene rings is 2. The molecule has 0 aromatic heterocycles. The Balaban J connectivity index is 1.64. The average Bonchev–Trinajstić information content (AvgIpc) is 3.00. The predicted octanol–water partition coefficient (Wildman–Crippen LogP) is 3.10. The Morgan fingerprint density at radius 1 is 1.20 bits per heavy atom. The molecule has 0 aliphatic carbocycles. The molecule has 1 saturated heterocycles. The number of hydrogen-bond acceptors (Lipinski definition) is 5. The second-order valence-corrected chi connectivity index (χ2v) is 6.04. The van der Waals surface area contributed by atoms with Crippen molar-refractivity contribution in [2.45, 2.75) is 6.61 Å². The van der Waals surface area contributed by atoms with Crippen LogP contribution in [0.25, 0.3) is 0 Å². The summed E-state index contributed by atoms with van der Waals surface area (Å²) >= 11 is 1.28. The highest BCUT2D eigenvalue weighted by Gasteiger charge is 2.15. The van der Waals surface area contributed by atoms with Gasteiger partial charge in [0, 0.05) is 0 Å². The molecule has 0 saturated carbocycles. The molecule has 0 unspecified atom stereocenters. The molecule has 25 heavy (non-hydrogen) atoms. The van der Waals surface area contributed by atoms with Crippen molar-refractivity contribution < 1.29 is 18.3 Å². The maximum Gasteiger partial charge on any atom is 0.236 e. The van der Waals surface area contributed by atoms with Crippen LogP contribution in [0.1, 0.15) is 11.1 Å². The molecule has 5 nitrogen and oxygen atoms in total. The summed E-state index contributed by atoms with van der Waals surface area (Å²) in [5.74, 6) is -1.65. The van der Waals surface area contributed by atoms with Gasteiger partial charge in [0.15, 0.2) is 22.6 Å². The van der Waals surface area contributed by atoms with Crippen LogP contribution in [-0.2, 0) is 11.4 Å². The molecule has 2 aromatic carbocycles. The number of rotatable bonds is 5. The fourth-order valence-electron chi connectivity index (χ4n) is 2.07. The number of amidine groups is 1. The third-order valence-corrected chi connectivity index (χ3v) is 4.06. The van der Waals surface area contributed by atoms with E-state index in [4.69, 9.17) is 4.74 Å². The number of para-hydroxylation sites is 1. The largest absolute Gasteiger partial charge is 0.483 e. The van der Waals surface area contributed by atoms with E-state index in [0.717, 1.165) is 23.3 Å². The monoisotopic (exact) mass is 361 g/mol. The summed E-state index contributed by atoms with van der Waals surface area (Å²) in [6.45, 7) is 0.0138. The first-order valence-corrected chi connectivity index (χ1v) is 8.30. The number of nitrogens with one attached hydrogen (secondary N) is 1. The maximum absolute atomic E-state index is 13.5. The molecule has 1 aliphatic rings. The molecular weight excluding hydrogens is 348 g/mol. The van der Waals surface area contributed by atoms with Gasteiger partial charge in [-0.15, -0.1) is 5.10 Å². The Hall–Kier alpha value is -2.74. The standard InChI is InChI=1S/C17H13F2N3O2S/c18-13-5-2-6-14(19)16(13)24-9-12-4-1-3-11(7-12)8-20-22-17-21-15(23)10-25-17/h1-8H,9-10H2,(H,21,22,23). The van der Waals surface area contributed by atoms with Crippen LogP contribution in [0.4, 0.5) is 8.78 Å². The Labute approximate surface area is 146 Å². The Morgan fingerprint density at radius 3 is 2.68 bits per heavy atom. The van der Waals surface area contributed by atoms with E-state index < -0.39 is 17.4 Å². The van der Waals surface area contributed by atoms with Crippen molar-refractivity contribution in [2.75, 3.05) is 5.75 Å². The van der Waals surface area contributed by atoms with E-state index >= 15 is 0 Å². The third kappa shape index (κ3) is 4.63. The molecule has 2 aromatic rings. The number of thioether (sulfide) groups is 1. The van der Waals surface area contributed by atoms with Gasteiger partial charge in [0.1, 0.15) is 6.61 Å². The molecule has 0 spiro atoms. The van der Waals surface area contributed by atoms with Crippen LogP contribution in [-0.4, -0.2) is 23.0 Å². The first-order chi connectivity index (χ1) is 12.1. The van der Waals surface area contributed by atoms with Crippen LogP contribution < -0.4 is 10.1 Å². The van der Waals surface area contributed by atoms with Gasteiger partial charge in [-0.25, -0.2) is 8.78 Å². The van der Waals surface area contributed by atoms with E-state index in [1.54, 1.807) is 24.3 Å². The van der Waals surface area contributed by atoms with Crippen molar-refractivity contribution in [3.8, 4) is 5.75 Å². The predicted molar refractivity (Wildman–Crippen MR) is 92.8 cm³/mol. The first-order valence-electron chi connectivity index (χ1n) is 7.31. The summed E-state index contributed by atoms with van der Waals surface area (Å²) in [6, 6.07) is 10.7. The van der Waals surface area contributed by atoms with E-state index in [0.29, 0.717) is 10.9 Å². The molecular formula is C17H13F2N3O2S. The van der Waals surface area contributed by atoms with Crippen molar-refractivity contribution in [3.05, 3.63) is 65.2 Å². The van der Waals surface area contributed by atoms with E-state index in [1.165, 1.54) is 24.0 Å². The fourth-order valence-corrected chi connectivity index (χ4v) is 2.70. The van der Waals surface area contributed by atoms with Gasteiger partial charge in [-0.2, -0.15) is 5.10 Å². The summed E-state index contributed by atoms with van der Waals surface area (Å²) in [5, 5.41) is 10.8. The van der Waals surface area contributed by atoms with Gasteiger partial charge in [-0.1, -0.05) is 36.0 Å². The van der Waals surface area contributed by atoms with Crippen LogP contribution >= 0.6 is 11.8 Å². The highest BCUT2D eigenvalue weighted by atomic mass is 32.2. The first kappa shape index (κ1) is 17.1. The summed E-state index contributed by atoms with van der Waals surface area (Å²) < 4.78 is 32.3. The van der Waals surface area contributed by atoms with Crippen molar-refractivity contribution in [2.24, 2.45) is 10.2 Å². The second kappa shape index (κ2) is 7.89. The molecule has 1 heterocycles. The van der Waals surface area contributed by atoms with Crippen molar-refractivity contribution in [1.82, 2.24) is 5.32 Å². The minimum Gasteiger partial charge on any atom is -0.483 e. The van der Waals surface area contributed by atoms with Gasteiger partial charge in [-0.05, 0) is 29.3 Å². The van der Waals surface area contributed by atoms with Gasteiger partial charge < -0.3 is 10.1 Å². The van der Waals surface area contributed by atoms with Crippen LogP contribution in [0.2, 0.25) is 0 Å². The van der Waals surface area contributed by atoms with Crippen LogP contribution in [0.15, 0.2) is 52.7 Å². The van der Waals surface area contributed by atoms with Crippen LogP contribution in [0.5, 0.6) is 5.75 Å². The quantitative estimate of drug-likeness (QED) is 0.658. The smallest absolute Gasteiger partial charge is 0.236 e. The number of nitrogens with zero attached hydrogens (tertiary/aromatic N) is 2. The molecule has 3 rings (SSSR count). The lowest BCUT2D eigenvalue weighted by Crippen LogP contribution is -2.19. The summed E-state index contributed by atoms with van der Waals surface area (Å²) in [7, 11) is 0. The van der Waals surface area contributed by atoms with Gasteiger partial charge in [0.2, 0.25) is 5.91 Å². The SMILES string of the molecule is O=C1CSC(=NN=Cc2cccc(COc3c(F)cccc3F)c2)N1. The van der Waals surface area contributed by atoms with Crippen molar-refractivity contribution >= 4 is 29.1 Å². The average molecular weight is 361 g/mol. The summed E-state index contributed by atoms with van der Waals surface area (Å²) in [4.78, 5) is 11.0. The zero-order valence-corrected chi connectivity index (χ0v) is 13.7. The van der Waals surface area contributed by atoms with E-state index in [1.807, 2.05) is 0 Å². The Morgan fingerprint density at radius 2 is 1.96 bits per heavy atom. The lowest BCUT2D eigenvalue weighted by atomic mass is 10.1. The molecule has 8 heteroatoms. The summed E-state index contributed by atoms with van der Waals surface area (Å²) in [5.41, 5.74) is 1.47. The number of carbonyl (C=O) groups excluding carboxylic acids is 1. The van der Waals surface area contributed by atoms with E-state index in [-0.39, 0.29) is 12.5 Å². The van der Waals surface area contributed by atoms with Crippen LogP contribution in [0, 0.1) is 11.6 Å². The zero-order chi connectivity index (χ0) is 17.6. The van der Waals surface area contributed by atoms with Crippen molar-refractivity contribution in [1.29, 1.82) is 0 Å². The lowest BCUT2D eigenvalue weighted by Gasteiger charge is -2.08. The van der Waals surface area contributed by atoms with Gasteiger partial charge >= 0.3 is 0 Å². The normalized spacial score (nSPS) is 15.8. The fraction of sp³-hybridized carbons (Fsp3) is 0.118. The van der Waals surface area contributed by atoms with E-state index in [2.05, 4.69) is 15.5 Å². The maximum atomic E-state index is 13.5. The molecule has 1 amide bonds. The number of ether oxygens (including phenoxy) is 1. The Kier molecular flexibility index (Phi) is 5.39. The molecule has 1 aliphatic heterocycles. The van der Waals surface area contributed by atoms with Gasteiger partial charge in [0.25, 0.3) is 0 Å². The number of hydrogen-bond donors (Lipinski definition) is 1. The number of carbonyl (C=O) groups is 1. The highest BCUT2D eigenvalue weighted by molar-refractivity contribution is 8.15. The molecule has 1 N–H and O–H groups in total. The Bertz CT molecular complexity index is 835. The molecule has 0 bridgehead atoms. The highest BCUT2D eigenvalue weighted by Crippen LogP contribution is 2.22. The number of amides is 1.